The largest absolute Gasteiger partial charge is 0.341 e. The maximum absolute atomic E-state index is 12.0. The Labute approximate surface area is 114 Å². The second-order valence-corrected chi connectivity index (χ2v) is 5.72. The summed E-state index contributed by atoms with van der Waals surface area (Å²) in [4.78, 5) is 14.5. The first-order valence-electron chi connectivity index (χ1n) is 5.21. The van der Waals surface area contributed by atoms with Crippen molar-refractivity contribution in [2.45, 2.75) is 19.3 Å². The molecule has 0 unspecified atom stereocenters. The Morgan fingerprint density at radius 3 is 2.81 bits per heavy atom. The zero-order valence-corrected chi connectivity index (χ0v) is 12.4. The number of nitrogens with zero attached hydrogens (tertiary/aromatic N) is 1. The van der Waals surface area contributed by atoms with Crippen molar-refractivity contribution in [3.05, 3.63) is 20.8 Å². The molecule has 0 spiro atoms. The van der Waals surface area contributed by atoms with Crippen LogP contribution in [0.1, 0.15) is 28.9 Å². The highest BCUT2D eigenvalue weighted by molar-refractivity contribution is 9.10. The summed E-state index contributed by atoms with van der Waals surface area (Å²) in [5, 5.41) is 1.92. The molecule has 1 heterocycles. The molecule has 0 aliphatic heterocycles. The number of hydrogen-bond donors (Lipinski definition) is 0. The Morgan fingerprint density at radius 2 is 2.25 bits per heavy atom. The molecule has 0 aromatic carbocycles. The molecule has 0 saturated carbocycles. The van der Waals surface area contributed by atoms with Gasteiger partial charge in [-0.25, -0.2) is 0 Å². The summed E-state index contributed by atoms with van der Waals surface area (Å²) < 4.78 is 0.884. The van der Waals surface area contributed by atoms with Crippen molar-refractivity contribution in [1.29, 1.82) is 0 Å². The van der Waals surface area contributed by atoms with E-state index < -0.39 is 0 Å². The van der Waals surface area contributed by atoms with Crippen molar-refractivity contribution in [3.63, 3.8) is 0 Å². The number of unbranched alkanes of at least 4 members (excludes halogenated alkanes) is 2. The smallest absolute Gasteiger partial charge is 0.264 e. The Morgan fingerprint density at radius 1 is 1.50 bits per heavy atom. The fraction of sp³-hybridized carbons (Fsp3) is 0.545. The fourth-order valence-electron chi connectivity index (χ4n) is 1.34. The van der Waals surface area contributed by atoms with Crippen LogP contribution in [0.25, 0.3) is 0 Å². The number of alkyl halides is 1. The summed E-state index contributed by atoms with van der Waals surface area (Å²) in [7, 11) is 1.84. The molecule has 0 N–H and O–H groups in total. The normalized spacial score (nSPS) is 10.4. The van der Waals surface area contributed by atoms with Gasteiger partial charge in [-0.2, -0.15) is 0 Å². The zero-order valence-electron chi connectivity index (χ0n) is 9.21. The predicted octanol–water partition coefficient (Wildman–Crippen LogP) is 3.99. The number of thiophene rings is 1. The van der Waals surface area contributed by atoms with Crippen LogP contribution in [0.5, 0.6) is 0 Å². The van der Waals surface area contributed by atoms with E-state index in [4.69, 9.17) is 11.6 Å². The highest BCUT2D eigenvalue weighted by Gasteiger charge is 2.15. The predicted molar refractivity (Wildman–Crippen MR) is 73.6 cm³/mol. The second kappa shape index (κ2) is 7.30. The minimum Gasteiger partial charge on any atom is -0.341 e. The van der Waals surface area contributed by atoms with E-state index in [1.807, 2.05) is 18.5 Å². The molecular weight excluding hydrogens is 310 g/mol. The lowest BCUT2D eigenvalue weighted by molar-refractivity contribution is 0.0796. The molecule has 90 valence electrons. The van der Waals surface area contributed by atoms with E-state index in [-0.39, 0.29) is 5.91 Å². The van der Waals surface area contributed by atoms with Crippen LogP contribution in [0.4, 0.5) is 0 Å². The first-order valence-corrected chi connectivity index (χ1v) is 7.42. The summed E-state index contributed by atoms with van der Waals surface area (Å²) in [5.74, 6) is 0.793. The van der Waals surface area contributed by atoms with Crippen LogP contribution >= 0.6 is 38.9 Å². The van der Waals surface area contributed by atoms with Crippen LogP contribution in [0, 0.1) is 0 Å². The lowest BCUT2D eigenvalue weighted by Crippen LogP contribution is -2.27. The number of carbonyl (C=O) groups is 1. The molecule has 0 atom stereocenters. The summed E-state index contributed by atoms with van der Waals surface area (Å²) in [6.45, 7) is 0.792. The molecule has 1 rings (SSSR count). The van der Waals surface area contributed by atoms with E-state index in [2.05, 4.69) is 15.9 Å². The van der Waals surface area contributed by atoms with Crippen LogP contribution in [0.3, 0.4) is 0 Å². The van der Waals surface area contributed by atoms with E-state index in [1.54, 1.807) is 4.90 Å². The maximum Gasteiger partial charge on any atom is 0.264 e. The van der Waals surface area contributed by atoms with Crippen LogP contribution < -0.4 is 0 Å². The third-order valence-corrected chi connectivity index (χ3v) is 4.38. The minimum absolute atomic E-state index is 0.0905. The van der Waals surface area contributed by atoms with Gasteiger partial charge in [0.2, 0.25) is 0 Å². The molecule has 1 aromatic rings. The molecule has 0 radical (unpaired) electrons. The molecular formula is C11H15BrClNOS. The van der Waals surface area contributed by atoms with Gasteiger partial charge in [-0.15, -0.1) is 22.9 Å². The molecule has 0 saturated heterocycles. The van der Waals surface area contributed by atoms with Gasteiger partial charge >= 0.3 is 0 Å². The standard InChI is InChI=1S/C11H15BrClNOS/c1-14(7-4-2-3-6-13)11(15)10-9(12)5-8-16-10/h5,8H,2-4,6-7H2,1H3. The van der Waals surface area contributed by atoms with Gasteiger partial charge in [0.15, 0.2) is 0 Å². The number of carbonyl (C=O) groups excluding carboxylic acids is 1. The first kappa shape index (κ1) is 14.0. The lowest BCUT2D eigenvalue weighted by atomic mass is 10.2. The number of halogens is 2. The third kappa shape index (κ3) is 4.07. The Kier molecular flexibility index (Phi) is 6.39. The van der Waals surface area contributed by atoms with Crippen molar-refractivity contribution in [1.82, 2.24) is 4.90 Å². The Hall–Kier alpha value is -0.0600. The van der Waals surface area contributed by atoms with Gasteiger partial charge in [-0.05, 0) is 40.2 Å². The van der Waals surface area contributed by atoms with Gasteiger partial charge in [0.1, 0.15) is 4.88 Å². The van der Waals surface area contributed by atoms with Crippen molar-refractivity contribution in [2.75, 3.05) is 19.5 Å². The van der Waals surface area contributed by atoms with Crippen LogP contribution in [0.15, 0.2) is 15.9 Å². The van der Waals surface area contributed by atoms with Crippen molar-refractivity contribution in [3.8, 4) is 0 Å². The third-order valence-electron chi connectivity index (χ3n) is 2.29. The number of rotatable bonds is 6. The van der Waals surface area contributed by atoms with Gasteiger partial charge < -0.3 is 4.90 Å². The fourth-order valence-corrected chi connectivity index (χ4v) is 3.07. The summed E-state index contributed by atoms with van der Waals surface area (Å²) in [5.41, 5.74) is 0. The van der Waals surface area contributed by atoms with Crippen molar-refractivity contribution < 1.29 is 4.79 Å². The van der Waals surface area contributed by atoms with Crippen molar-refractivity contribution in [2.24, 2.45) is 0 Å². The SMILES string of the molecule is CN(CCCCCCl)C(=O)c1sccc1Br. The van der Waals surface area contributed by atoms with Crippen LogP contribution in [-0.4, -0.2) is 30.3 Å². The first-order chi connectivity index (χ1) is 7.66. The molecule has 1 aromatic heterocycles. The molecule has 0 aliphatic rings. The summed E-state index contributed by atoms with van der Waals surface area (Å²) in [6, 6.07) is 1.90. The van der Waals surface area contributed by atoms with Crippen LogP contribution in [-0.2, 0) is 0 Å². The molecule has 2 nitrogen and oxygen atoms in total. The molecule has 0 aliphatic carbocycles. The minimum atomic E-state index is 0.0905. The van der Waals surface area contributed by atoms with Gasteiger partial charge in [0.25, 0.3) is 5.91 Å². The molecule has 0 fully saturated rings. The number of amides is 1. The summed E-state index contributed by atoms with van der Waals surface area (Å²) in [6.07, 6.45) is 3.11. The average Bonchev–Trinajstić information content (AvgIpc) is 2.69. The lowest BCUT2D eigenvalue weighted by Gasteiger charge is -2.16. The molecule has 1 amide bonds. The van der Waals surface area contributed by atoms with Crippen LogP contribution in [0.2, 0.25) is 0 Å². The van der Waals surface area contributed by atoms with Gasteiger partial charge in [0.05, 0.1) is 0 Å². The highest BCUT2D eigenvalue weighted by atomic mass is 79.9. The quantitative estimate of drug-likeness (QED) is 0.572. The van der Waals surface area contributed by atoms with E-state index >= 15 is 0 Å². The Balaban J connectivity index is 2.40. The summed E-state index contributed by atoms with van der Waals surface area (Å²) >= 11 is 10.4. The average molecular weight is 325 g/mol. The topological polar surface area (TPSA) is 20.3 Å². The van der Waals surface area contributed by atoms with E-state index in [0.717, 1.165) is 35.2 Å². The van der Waals surface area contributed by atoms with E-state index in [1.165, 1.54) is 11.3 Å². The second-order valence-electron chi connectivity index (χ2n) is 3.57. The van der Waals surface area contributed by atoms with Crippen molar-refractivity contribution >= 4 is 44.8 Å². The number of hydrogen-bond acceptors (Lipinski definition) is 2. The molecule has 5 heteroatoms. The van der Waals surface area contributed by atoms with E-state index in [0.29, 0.717) is 5.88 Å². The Bertz CT molecular complexity index is 342. The maximum atomic E-state index is 12.0. The molecule has 0 bridgehead atoms. The van der Waals surface area contributed by atoms with E-state index in [9.17, 15) is 4.79 Å². The highest BCUT2D eigenvalue weighted by Crippen LogP contribution is 2.23. The zero-order chi connectivity index (χ0) is 12.0. The van der Waals surface area contributed by atoms with Gasteiger partial charge in [0, 0.05) is 23.9 Å². The van der Waals surface area contributed by atoms with Gasteiger partial charge in [-0.3, -0.25) is 4.79 Å². The van der Waals surface area contributed by atoms with Gasteiger partial charge in [-0.1, -0.05) is 6.42 Å². The molecule has 16 heavy (non-hydrogen) atoms. The monoisotopic (exact) mass is 323 g/mol.